The molecule has 1 fully saturated rings. The molecule has 0 saturated heterocycles. The first kappa shape index (κ1) is 10.2. The van der Waals surface area contributed by atoms with Crippen LogP contribution in [0.4, 0.5) is 0 Å². The van der Waals surface area contributed by atoms with Crippen LogP contribution in [0.15, 0.2) is 12.3 Å². The molecule has 1 aromatic heterocycles. The minimum atomic E-state index is 0.0451. The van der Waals surface area contributed by atoms with Gasteiger partial charge < -0.3 is 0 Å². The standard InChI is InChI=1S/C10H15N3O2/c1-12-9(4-5-11-12)7-6-8(7)10(14)13(2)15-3/h4-5,7-8H,6H2,1-3H3. The van der Waals surface area contributed by atoms with Gasteiger partial charge in [-0.3, -0.25) is 14.3 Å². The number of nitrogens with zero attached hydrogens (tertiary/aromatic N) is 3. The molecule has 0 aromatic carbocycles. The molecule has 0 N–H and O–H groups in total. The molecule has 82 valence electrons. The second-order valence-electron chi connectivity index (χ2n) is 3.85. The average molecular weight is 209 g/mol. The number of hydroxylamine groups is 2. The minimum absolute atomic E-state index is 0.0451. The van der Waals surface area contributed by atoms with E-state index in [2.05, 4.69) is 5.10 Å². The third-order valence-electron chi connectivity index (χ3n) is 2.93. The lowest BCUT2D eigenvalue weighted by Gasteiger charge is -2.13. The van der Waals surface area contributed by atoms with Crippen LogP contribution in [-0.2, 0) is 16.7 Å². The number of hydrogen-bond donors (Lipinski definition) is 0. The molecule has 1 amide bonds. The highest BCUT2D eigenvalue weighted by Gasteiger charge is 2.46. The Morgan fingerprint density at radius 1 is 1.73 bits per heavy atom. The Kier molecular flexibility index (Phi) is 2.48. The highest BCUT2D eigenvalue weighted by Crippen LogP contribution is 2.47. The molecule has 2 rings (SSSR count). The van der Waals surface area contributed by atoms with E-state index in [0.29, 0.717) is 5.92 Å². The summed E-state index contributed by atoms with van der Waals surface area (Å²) in [7, 11) is 5.04. The third kappa shape index (κ3) is 1.74. The van der Waals surface area contributed by atoms with E-state index >= 15 is 0 Å². The summed E-state index contributed by atoms with van der Waals surface area (Å²) in [6.45, 7) is 0. The first-order valence-electron chi connectivity index (χ1n) is 4.94. The van der Waals surface area contributed by atoms with Gasteiger partial charge in [0.2, 0.25) is 5.91 Å². The Morgan fingerprint density at radius 2 is 2.47 bits per heavy atom. The van der Waals surface area contributed by atoms with Crippen molar-refractivity contribution >= 4 is 5.91 Å². The molecule has 0 bridgehead atoms. The van der Waals surface area contributed by atoms with Gasteiger partial charge in [-0.05, 0) is 12.5 Å². The topological polar surface area (TPSA) is 47.4 Å². The maximum atomic E-state index is 11.7. The number of aromatic nitrogens is 2. The van der Waals surface area contributed by atoms with E-state index in [1.54, 1.807) is 13.2 Å². The summed E-state index contributed by atoms with van der Waals surface area (Å²) < 4.78 is 1.82. The summed E-state index contributed by atoms with van der Waals surface area (Å²) in [5.74, 6) is 0.414. The summed E-state index contributed by atoms with van der Waals surface area (Å²) >= 11 is 0. The van der Waals surface area contributed by atoms with Crippen LogP contribution in [0.5, 0.6) is 0 Å². The number of carbonyl (C=O) groups excluding carboxylic acids is 1. The SMILES string of the molecule is CON(C)C(=O)C1CC1c1ccnn1C. The van der Waals surface area contributed by atoms with Crippen LogP contribution in [0.2, 0.25) is 0 Å². The van der Waals surface area contributed by atoms with E-state index in [1.165, 1.54) is 12.2 Å². The van der Waals surface area contributed by atoms with E-state index in [9.17, 15) is 4.79 Å². The van der Waals surface area contributed by atoms with E-state index in [1.807, 2.05) is 17.8 Å². The Balaban J connectivity index is 2.02. The lowest BCUT2D eigenvalue weighted by molar-refractivity contribution is -0.170. The molecular weight excluding hydrogens is 194 g/mol. The second-order valence-corrected chi connectivity index (χ2v) is 3.85. The van der Waals surface area contributed by atoms with Crippen molar-refractivity contribution in [3.05, 3.63) is 18.0 Å². The summed E-state index contributed by atoms with van der Waals surface area (Å²) in [6, 6.07) is 1.96. The van der Waals surface area contributed by atoms with Crippen molar-refractivity contribution in [2.24, 2.45) is 13.0 Å². The average Bonchev–Trinajstić information content (AvgIpc) is 2.92. The lowest BCUT2D eigenvalue weighted by Crippen LogP contribution is -2.27. The third-order valence-corrected chi connectivity index (χ3v) is 2.93. The first-order valence-corrected chi connectivity index (χ1v) is 4.94. The molecule has 0 aliphatic heterocycles. The molecule has 2 atom stereocenters. The molecule has 15 heavy (non-hydrogen) atoms. The van der Waals surface area contributed by atoms with Gasteiger partial charge in [0.05, 0.1) is 7.11 Å². The van der Waals surface area contributed by atoms with Crippen molar-refractivity contribution in [2.75, 3.05) is 14.2 Å². The van der Waals surface area contributed by atoms with Crippen LogP contribution in [0, 0.1) is 5.92 Å². The Labute approximate surface area is 88.6 Å². The summed E-state index contributed by atoms with van der Waals surface area (Å²) in [6.07, 6.45) is 2.65. The van der Waals surface area contributed by atoms with Crippen molar-refractivity contribution in [1.29, 1.82) is 0 Å². The fourth-order valence-corrected chi connectivity index (χ4v) is 1.87. The molecule has 1 heterocycles. The monoisotopic (exact) mass is 209 g/mol. The summed E-state index contributed by atoms with van der Waals surface area (Å²) in [5.41, 5.74) is 1.12. The molecule has 5 nitrogen and oxygen atoms in total. The van der Waals surface area contributed by atoms with Crippen molar-refractivity contribution in [1.82, 2.24) is 14.8 Å². The molecular formula is C10H15N3O2. The summed E-state index contributed by atoms with van der Waals surface area (Å²) in [5, 5.41) is 5.39. The van der Waals surface area contributed by atoms with E-state index in [0.717, 1.165) is 12.1 Å². The van der Waals surface area contributed by atoms with Gasteiger partial charge in [-0.1, -0.05) is 0 Å². The van der Waals surface area contributed by atoms with Crippen LogP contribution >= 0.6 is 0 Å². The van der Waals surface area contributed by atoms with Crippen LogP contribution in [0.25, 0.3) is 0 Å². The zero-order valence-electron chi connectivity index (χ0n) is 9.17. The molecule has 1 aliphatic rings. The zero-order chi connectivity index (χ0) is 11.0. The quantitative estimate of drug-likeness (QED) is 0.683. The van der Waals surface area contributed by atoms with Crippen LogP contribution in [0.1, 0.15) is 18.0 Å². The van der Waals surface area contributed by atoms with Gasteiger partial charge in [0.25, 0.3) is 0 Å². The van der Waals surface area contributed by atoms with Gasteiger partial charge in [-0.2, -0.15) is 5.10 Å². The minimum Gasteiger partial charge on any atom is -0.275 e. The Morgan fingerprint density at radius 3 is 3.00 bits per heavy atom. The largest absolute Gasteiger partial charge is 0.275 e. The fraction of sp³-hybridized carbons (Fsp3) is 0.600. The molecule has 5 heteroatoms. The lowest BCUT2D eigenvalue weighted by atomic mass is 10.2. The number of aryl methyl sites for hydroxylation is 1. The molecule has 1 saturated carbocycles. The van der Waals surface area contributed by atoms with E-state index in [4.69, 9.17) is 4.84 Å². The van der Waals surface area contributed by atoms with Crippen molar-refractivity contribution in [2.45, 2.75) is 12.3 Å². The summed E-state index contributed by atoms with van der Waals surface area (Å²) in [4.78, 5) is 16.6. The fourth-order valence-electron chi connectivity index (χ4n) is 1.87. The number of rotatable bonds is 3. The normalized spacial score (nSPS) is 23.9. The molecule has 0 radical (unpaired) electrons. The van der Waals surface area contributed by atoms with Crippen molar-refractivity contribution in [3.8, 4) is 0 Å². The maximum absolute atomic E-state index is 11.7. The maximum Gasteiger partial charge on any atom is 0.249 e. The molecule has 1 aromatic rings. The number of hydrogen-bond acceptors (Lipinski definition) is 3. The molecule has 0 spiro atoms. The number of carbonyl (C=O) groups is 1. The van der Waals surface area contributed by atoms with Crippen molar-refractivity contribution < 1.29 is 9.63 Å². The van der Waals surface area contributed by atoms with Crippen molar-refractivity contribution in [3.63, 3.8) is 0 Å². The van der Waals surface area contributed by atoms with Crippen LogP contribution in [-0.4, -0.2) is 34.9 Å². The van der Waals surface area contributed by atoms with Gasteiger partial charge in [-0.25, -0.2) is 5.06 Å². The zero-order valence-corrected chi connectivity index (χ0v) is 9.17. The molecule has 2 unspecified atom stereocenters. The molecule has 1 aliphatic carbocycles. The van der Waals surface area contributed by atoms with E-state index in [-0.39, 0.29) is 11.8 Å². The second kappa shape index (κ2) is 3.66. The smallest absolute Gasteiger partial charge is 0.249 e. The van der Waals surface area contributed by atoms with Gasteiger partial charge >= 0.3 is 0 Å². The van der Waals surface area contributed by atoms with Gasteiger partial charge in [0, 0.05) is 37.8 Å². The van der Waals surface area contributed by atoms with Crippen LogP contribution in [0.3, 0.4) is 0 Å². The highest BCUT2D eigenvalue weighted by molar-refractivity contribution is 5.81. The van der Waals surface area contributed by atoms with Crippen LogP contribution < -0.4 is 0 Å². The first-order chi connectivity index (χ1) is 7.15. The predicted octanol–water partition coefficient (Wildman–Crippen LogP) is 0.543. The van der Waals surface area contributed by atoms with Gasteiger partial charge in [0.1, 0.15) is 0 Å². The predicted molar refractivity (Wildman–Crippen MR) is 53.8 cm³/mol. The highest BCUT2D eigenvalue weighted by atomic mass is 16.7. The Bertz CT molecular complexity index is 374. The van der Waals surface area contributed by atoms with Gasteiger partial charge in [-0.15, -0.1) is 0 Å². The van der Waals surface area contributed by atoms with Gasteiger partial charge in [0.15, 0.2) is 0 Å². The van der Waals surface area contributed by atoms with E-state index < -0.39 is 0 Å². The Hall–Kier alpha value is -1.36. The number of amides is 1.